The van der Waals surface area contributed by atoms with E-state index < -0.39 is 0 Å². The SMILES string of the molecule is Cc1ccc(Br)c(NC(CC(C)C)c2ccccc2)c1. The number of nitrogens with one attached hydrogen (secondary N) is 1. The van der Waals surface area contributed by atoms with Crippen LogP contribution in [0.4, 0.5) is 5.69 Å². The quantitative estimate of drug-likeness (QED) is 0.713. The molecular weight excluding hydrogens is 310 g/mol. The van der Waals surface area contributed by atoms with Gasteiger partial charge in [0, 0.05) is 10.2 Å². The summed E-state index contributed by atoms with van der Waals surface area (Å²) in [6, 6.07) is 17.4. The molecule has 1 atom stereocenters. The average Bonchev–Trinajstić information content (AvgIpc) is 2.42. The molecule has 0 heterocycles. The average molecular weight is 332 g/mol. The lowest BCUT2D eigenvalue weighted by Gasteiger charge is -2.23. The summed E-state index contributed by atoms with van der Waals surface area (Å²) in [4.78, 5) is 0. The van der Waals surface area contributed by atoms with E-state index in [1.54, 1.807) is 0 Å². The molecule has 0 amide bonds. The number of rotatable bonds is 5. The first-order valence-electron chi connectivity index (χ1n) is 7.14. The van der Waals surface area contributed by atoms with Crippen molar-refractivity contribution >= 4 is 21.6 Å². The van der Waals surface area contributed by atoms with Crippen LogP contribution in [0.1, 0.15) is 37.4 Å². The minimum atomic E-state index is 0.342. The summed E-state index contributed by atoms with van der Waals surface area (Å²) in [7, 11) is 0. The van der Waals surface area contributed by atoms with E-state index in [0.717, 1.165) is 10.9 Å². The van der Waals surface area contributed by atoms with Gasteiger partial charge in [0.05, 0.1) is 6.04 Å². The molecule has 0 saturated heterocycles. The van der Waals surface area contributed by atoms with Gasteiger partial charge in [-0.05, 0) is 58.5 Å². The van der Waals surface area contributed by atoms with Crippen LogP contribution in [0, 0.1) is 12.8 Å². The molecule has 1 nitrogen and oxygen atoms in total. The van der Waals surface area contributed by atoms with Gasteiger partial charge in [0.1, 0.15) is 0 Å². The van der Waals surface area contributed by atoms with Gasteiger partial charge in [-0.1, -0.05) is 50.2 Å². The van der Waals surface area contributed by atoms with Crippen molar-refractivity contribution in [2.45, 2.75) is 33.2 Å². The van der Waals surface area contributed by atoms with Crippen molar-refractivity contribution in [2.24, 2.45) is 5.92 Å². The van der Waals surface area contributed by atoms with Crippen molar-refractivity contribution in [2.75, 3.05) is 5.32 Å². The van der Waals surface area contributed by atoms with E-state index >= 15 is 0 Å². The van der Waals surface area contributed by atoms with Crippen LogP contribution in [-0.4, -0.2) is 0 Å². The second kappa shape index (κ2) is 6.94. The molecule has 2 aromatic rings. The van der Waals surface area contributed by atoms with Gasteiger partial charge in [-0.15, -0.1) is 0 Å². The van der Waals surface area contributed by atoms with Gasteiger partial charge in [0.25, 0.3) is 0 Å². The monoisotopic (exact) mass is 331 g/mol. The molecule has 0 aliphatic heterocycles. The van der Waals surface area contributed by atoms with Crippen molar-refractivity contribution in [1.29, 1.82) is 0 Å². The van der Waals surface area contributed by atoms with Crippen molar-refractivity contribution in [3.8, 4) is 0 Å². The molecule has 0 aliphatic carbocycles. The lowest BCUT2D eigenvalue weighted by Crippen LogP contribution is -2.13. The van der Waals surface area contributed by atoms with E-state index in [4.69, 9.17) is 0 Å². The molecule has 0 fully saturated rings. The highest BCUT2D eigenvalue weighted by Gasteiger charge is 2.14. The first kappa shape index (κ1) is 15.1. The Balaban J connectivity index is 2.26. The molecule has 106 valence electrons. The van der Waals surface area contributed by atoms with Gasteiger partial charge in [-0.3, -0.25) is 0 Å². The highest BCUT2D eigenvalue weighted by molar-refractivity contribution is 9.10. The zero-order valence-electron chi connectivity index (χ0n) is 12.4. The van der Waals surface area contributed by atoms with E-state index in [2.05, 4.69) is 90.5 Å². The Morgan fingerprint density at radius 2 is 1.75 bits per heavy atom. The lowest BCUT2D eigenvalue weighted by atomic mass is 9.96. The van der Waals surface area contributed by atoms with Gasteiger partial charge in [-0.2, -0.15) is 0 Å². The Hall–Kier alpha value is -1.28. The third kappa shape index (κ3) is 4.11. The van der Waals surface area contributed by atoms with E-state index in [-0.39, 0.29) is 0 Å². The third-order valence-electron chi connectivity index (χ3n) is 3.36. The number of benzene rings is 2. The summed E-state index contributed by atoms with van der Waals surface area (Å²) >= 11 is 3.64. The topological polar surface area (TPSA) is 12.0 Å². The van der Waals surface area contributed by atoms with Crippen molar-refractivity contribution in [3.63, 3.8) is 0 Å². The molecule has 0 aromatic heterocycles. The normalized spacial score (nSPS) is 12.4. The number of aryl methyl sites for hydroxylation is 1. The first-order chi connectivity index (χ1) is 9.56. The summed E-state index contributed by atoms with van der Waals surface area (Å²) in [5.74, 6) is 0.649. The van der Waals surface area contributed by atoms with Crippen molar-refractivity contribution in [3.05, 3.63) is 64.1 Å². The van der Waals surface area contributed by atoms with Crippen LogP contribution in [0.15, 0.2) is 53.0 Å². The Morgan fingerprint density at radius 3 is 2.40 bits per heavy atom. The molecule has 0 spiro atoms. The zero-order valence-corrected chi connectivity index (χ0v) is 13.9. The van der Waals surface area contributed by atoms with E-state index in [0.29, 0.717) is 12.0 Å². The fourth-order valence-corrected chi connectivity index (χ4v) is 2.73. The highest BCUT2D eigenvalue weighted by Crippen LogP contribution is 2.30. The summed E-state index contributed by atoms with van der Waals surface area (Å²) in [5, 5.41) is 3.69. The number of hydrogen-bond acceptors (Lipinski definition) is 1. The molecule has 0 bridgehead atoms. The minimum Gasteiger partial charge on any atom is -0.377 e. The summed E-state index contributed by atoms with van der Waals surface area (Å²) in [6.07, 6.45) is 1.12. The molecule has 0 saturated carbocycles. The smallest absolute Gasteiger partial charge is 0.0516 e. The molecule has 20 heavy (non-hydrogen) atoms. The van der Waals surface area contributed by atoms with Crippen LogP contribution < -0.4 is 5.32 Å². The second-order valence-corrected chi connectivity index (χ2v) is 6.57. The number of hydrogen-bond donors (Lipinski definition) is 1. The molecule has 1 N–H and O–H groups in total. The number of halogens is 1. The molecule has 2 rings (SSSR count). The largest absolute Gasteiger partial charge is 0.377 e. The Bertz CT molecular complexity index is 549. The third-order valence-corrected chi connectivity index (χ3v) is 4.05. The Labute approximate surface area is 130 Å². The first-order valence-corrected chi connectivity index (χ1v) is 7.93. The summed E-state index contributed by atoms with van der Waals surface area (Å²) < 4.78 is 1.12. The number of anilines is 1. The van der Waals surface area contributed by atoms with Gasteiger partial charge >= 0.3 is 0 Å². The second-order valence-electron chi connectivity index (χ2n) is 5.72. The van der Waals surface area contributed by atoms with Crippen LogP contribution in [-0.2, 0) is 0 Å². The van der Waals surface area contributed by atoms with E-state index in [9.17, 15) is 0 Å². The van der Waals surface area contributed by atoms with Crippen LogP contribution in [0.2, 0.25) is 0 Å². The molecule has 1 unspecified atom stereocenters. The molecule has 2 heteroatoms. The van der Waals surface area contributed by atoms with Crippen molar-refractivity contribution < 1.29 is 0 Å². The van der Waals surface area contributed by atoms with E-state index in [1.165, 1.54) is 16.8 Å². The lowest BCUT2D eigenvalue weighted by molar-refractivity contribution is 0.531. The van der Waals surface area contributed by atoms with Crippen molar-refractivity contribution in [1.82, 2.24) is 0 Å². The zero-order chi connectivity index (χ0) is 14.5. The fourth-order valence-electron chi connectivity index (χ4n) is 2.37. The van der Waals surface area contributed by atoms with Crippen LogP contribution in [0.5, 0.6) is 0 Å². The predicted octanol–water partition coefficient (Wildman–Crippen LogP) is 5.96. The van der Waals surface area contributed by atoms with E-state index in [1.807, 2.05) is 0 Å². The minimum absolute atomic E-state index is 0.342. The molecular formula is C18H22BrN. The maximum Gasteiger partial charge on any atom is 0.0516 e. The van der Waals surface area contributed by atoms with Gasteiger partial charge in [0.15, 0.2) is 0 Å². The predicted molar refractivity (Wildman–Crippen MR) is 91.1 cm³/mol. The van der Waals surface area contributed by atoms with Gasteiger partial charge < -0.3 is 5.32 Å². The molecule has 2 aromatic carbocycles. The fraction of sp³-hybridized carbons (Fsp3) is 0.333. The maximum atomic E-state index is 3.69. The highest BCUT2D eigenvalue weighted by atomic mass is 79.9. The molecule has 0 radical (unpaired) electrons. The Morgan fingerprint density at radius 1 is 1.05 bits per heavy atom. The van der Waals surface area contributed by atoms with Crippen LogP contribution in [0.3, 0.4) is 0 Å². The molecule has 0 aliphatic rings. The summed E-state index contributed by atoms with van der Waals surface area (Å²) in [5.41, 5.74) is 3.78. The summed E-state index contributed by atoms with van der Waals surface area (Å²) in [6.45, 7) is 6.66. The standard InChI is InChI=1S/C18H22BrN/c1-13(2)11-17(15-7-5-4-6-8-15)20-18-12-14(3)9-10-16(18)19/h4-10,12-13,17,20H,11H2,1-3H3. The van der Waals surface area contributed by atoms with Crippen LogP contribution >= 0.6 is 15.9 Å². The van der Waals surface area contributed by atoms with Gasteiger partial charge in [-0.25, -0.2) is 0 Å². The Kier molecular flexibility index (Phi) is 5.24. The van der Waals surface area contributed by atoms with Crippen LogP contribution in [0.25, 0.3) is 0 Å². The van der Waals surface area contributed by atoms with Gasteiger partial charge in [0.2, 0.25) is 0 Å². The maximum absolute atomic E-state index is 3.69.